The fraction of sp³-hybridized carbons (Fsp3) is 0.278. The highest BCUT2D eigenvalue weighted by atomic mass is 16.4. The molecule has 3 nitrogen and oxygen atoms in total. The van der Waals surface area contributed by atoms with Gasteiger partial charge in [0, 0.05) is 11.7 Å². The maximum absolute atomic E-state index is 11.6. The van der Waals surface area contributed by atoms with Crippen LogP contribution in [0, 0.1) is 6.92 Å². The standard InChI is InChI=1S/C18H19NO2/c1-12-7-10-15(18(20)21)17(11-12)19-13(2)8-9-14-5-3-4-6-16(14)19/h3-7,10-11,13H,8-9H2,1-2H3,(H,20,21). The van der Waals surface area contributed by atoms with Crippen molar-refractivity contribution in [3.63, 3.8) is 0 Å². The van der Waals surface area contributed by atoms with E-state index < -0.39 is 5.97 Å². The summed E-state index contributed by atoms with van der Waals surface area (Å²) in [5, 5.41) is 9.49. The number of hydrogen-bond donors (Lipinski definition) is 1. The van der Waals surface area contributed by atoms with E-state index in [1.807, 2.05) is 31.2 Å². The quantitative estimate of drug-likeness (QED) is 0.898. The first kappa shape index (κ1) is 13.7. The minimum atomic E-state index is -0.875. The molecule has 2 aromatic carbocycles. The Labute approximate surface area is 124 Å². The van der Waals surface area contributed by atoms with Crippen LogP contribution in [0.4, 0.5) is 11.4 Å². The summed E-state index contributed by atoms with van der Waals surface area (Å²) in [5.41, 5.74) is 4.65. The highest BCUT2D eigenvalue weighted by molar-refractivity contribution is 5.96. The Bertz CT molecular complexity index is 693. The molecule has 1 heterocycles. The fourth-order valence-corrected chi connectivity index (χ4v) is 3.08. The molecule has 0 aromatic heterocycles. The predicted octanol–water partition coefficient (Wildman–Crippen LogP) is 4.17. The molecule has 2 aromatic rings. The van der Waals surface area contributed by atoms with E-state index in [4.69, 9.17) is 0 Å². The minimum absolute atomic E-state index is 0.291. The van der Waals surface area contributed by atoms with Crippen LogP contribution >= 0.6 is 0 Å². The number of rotatable bonds is 2. The van der Waals surface area contributed by atoms with Crippen LogP contribution in [0.5, 0.6) is 0 Å². The van der Waals surface area contributed by atoms with E-state index in [0.717, 1.165) is 29.8 Å². The number of carboxylic acids is 1. The zero-order valence-corrected chi connectivity index (χ0v) is 12.3. The summed E-state index contributed by atoms with van der Waals surface area (Å²) in [6.45, 7) is 4.15. The Morgan fingerprint density at radius 1 is 1.19 bits per heavy atom. The maximum Gasteiger partial charge on any atom is 0.337 e. The molecule has 1 unspecified atom stereocenters. The Kier molecular flexibility index (Phi) is 3.42. The number of aromatic carboxylic acids is 1. The summed E-state index contributed by atoms with van der Waals surface area (Å²) in [5.74, 6) is -0.875. The number of fused-ring (bicyclic) bond motifs is 1. The number of hydrogen-bond acceptors (Lipinski definition) is 2. The van der Waals surface area contributed by atoms with Gasteiger partial charge in [-0.05, 0) is 56.0 Å². The van der Waals surface area contributed by atoms with Crippen molar-refractivity contribution in [1.82, 2.24) is 0 Å². The van der Waals surface area contributed by atoms with Crippen molar-refractivity contribution in [1.29, 1.82) is 0 Å². The lowest BCUT2D eigenvalue weighted by Gasteiger charge is -2.38. The molecule has 0 radical (unpaired) electrons. The highest BCUT2D eigenvalue weighted by Crippen LogP contribution is 2.38. The van der Waals surface area contributed by atoms with Gasteiger partial charge in [-0.25, -0.2) is 4.79 Å². The van der Waals surface area contributed by atoms with E-state index in [1.54, 1.807) is 6.07 Å². The van der Waals surface area contributed by atoms with Gasteiger partial charge in [0.1, 0.15) is 0 Å². The molecule has 0 saturated heterocycles. The Morgan fingerprint density at radius 2 is 1.95 bits per heavy atom. The molecular weight excluding hydrogens is 262 g/mol. The van der Waals surface area contributed by atoms with Crippen molar-refractivity contribution >= 4 is 17.3 Å². The maximum atomic E-state index is 11.6. The molecule has 0 amide bonds. The fourth-order valence-electron chi connectivity index (χ4n) is 3.08. The summed E-state index contributed by atoms with van der Waals surface area (Å²) >= 11 is 0. The van der Waals surface area contributed by atoms with Gasteiger partial charge in [-0.15, -0.1) is 0 Å². The molecule has 3 rings (SSSR count). The monoisotopic (exact) mass is 281 g/mol. The number of aryl methyl sites for hydroxylation is 2. The molecule has 1 atom stereocenters. The number of benzene rings is 2. The number of para-hydroxylation sites is 1. The largest absolute Gasteiger partial charge is 0.478 e. The van der Waals surface area contributed by atoms with Crippen LogP contribution in [0.25, 0.3) is 0 Å². The molecule has 1 aliphatic heterocycles. The normalized spacial score (nSPS) is 17.4. The van der Waals surface area contributed by atoms with Gasteiger partial charge in [0.2, 0.25) is 0 Å². The second-order valence-corrected chi connectivity index (χ2v) is 5.71. The third-order valence-corrected chi connectivity index (χ3v) is 4.17. The number of anilines is 2. The van der Waals surface area contributed by atoms with Crippen molar-refractivity contribution in [2.24, 2.45) is 0 Å². The first-order valence-corrected chi connectivity index (χ1v) is 7.29. The minimum Gasteiger partial charge on any atom is -0.478 e. The zero-order chi connectivity index (χ0) is 15.0. The highest BCUT2D eigenvalue weighted by Gasteiger charge is 2.27. The topological polar surface area (TPSA) is 40.5 Å². The Morgan fingerprint density at radius 3 is 2.71 bits per heavy atom. The van der Waals surface area contributed by atoms with E-state index in [2.05, 4.69) is 24.0 Å². The average molecular weight is 281 g/mol. The Balaban J connectivity index is 2.20. The van der Waals surface area contributed by atoms with E-state index in [1.165, 1.54) is 5.56 Å². The van der Waals surface area contributed by atoms with Crippen LogP contribution in [0.3, 0.4) is 0 Å². The lowest BCUT2D eigenvalue weighted by atomic mass is 9.94. The van der Waals surface area contributed by atoms with E-state index in [9.17, 15) is 9.90 Å². The van der Waals surface area contributed by atoms with Crippen molar-refractivity contribution in [2.75, 3.05) is 4.90 Å². The Hall–Kier alpha value is -2.29. The van der Waals surface area contributed by atoms with Gasteiger partial charge < -0.3 is 10.0 Å². The second kappa shape index (κ2) is 5.24. The molecule has 0 spiro atoms. The van der Waals surface area contributed by atoms with Crippen LogP contribution < -0.4 is 4.90 Å². The number of carbonyl (C=O) groups is 1. The third-order valence-electron chi connectivity index (χ3n) is 4.17. The molecule has 21 heavy (non-hydrogen) atoms. The summed E-state index contributed by atoms with van der Waals surface area (Å²) in [6, 6.07) is 14.1. The number of nitrogens with zero attached hydrogens (tertiary/aromatic N) is 1. The van der Waals surface area contributed by atoms with Crippen molar-refractivity contribution in [2.45, 2.75) is 32.7 Å². The molecule has 0 aliphatic carbocycles. The smallest absolute Gasteiger partial charge is 0.337 e. The van der Waals surface area contributed by atoms with Gasteiger partial charge in [-0.3, -0.25) is 0 Å². The summed E-state index contributed by atoms with van der Waals surface area (Å²) in [4.78, 5) is 13.7. The molecule has 108 valence electrons. The van der Waals surface area contributed by atoms with Crippen LogP contribution in [-0.4, -0.2) is 17.1 Å². The lowest BCUT2D eigenvalue weighted by Crippen LogP contribution is -2.34. The molecule has 1 N–H and O–H groups in total. The summed E-state index contributed by atoms with van der Waals surface area (Å²) in [6.07, 6.45) is 2.08. The van der Waals surface area contributed by atoms with Gasteiger partial charge in [0.15, 0.2) is 0 Å². The van der Waals surface area contributed by atoms with E-state index in [0.29, 0.717) is 11.6 Å². The van der Waals surface area contributed by atoms with Crippen LogP contribution in [0.1, 0.15) is 34.8 Å². The first-order chi connectivity index (χ1) is 10.1. The van der Waals surface area contributed by atoms with E-state index >= 15 is 0 Å². The molecule has 0 bridgehead atoms. The second-order valence-electron chi connectivity index (χ2n) is 5.71. The van der Waals surface area contributed by atoms with Gasteiger partial charge in [0.25, 0.3) is 0 Å². The van der Waals surface area contributed by atoms with Crippen LogP contribution in [0.15, 0.2) is 42.5 Å². The lowest BCUT2D eigenvalue weighted by molar-refractivity contribution is 0.0697. The van der Waals surface area contributed by atoms with Crippen molar-refractivity contribution in [3.05, 3.63) is 59.2 Å². The van der Waals surface area contributed by atoms with Crippen LogP contribution in [0.2, 0.25) is 0 Å². The molecule has 0 saturated carbocycles. The van der Waals surface area contributed by atoms with Crippen molar-refractivity contribution < 1.29 is 9.90 Å². The third kappa shape index (κ3) is 2.40. The first-order valence-electron chi connectivity index (χ1n) is 7.29. The molecule has 1 aliphatic rings. The van der Waals surface area contributed by atoms with Gasteiger partial charge in [-0.2, -0.15) is 0 Å². The molecule has 3 heteroatoms. The molecule has 0 fully saturated rings. The van der Waals surface area contributed by atoms with E-state index in [-0.39, 0.29) is 0 Å². The van der Waals surface area contributed by atoms with Gasteiger partial charge >= 0.3 is 5.97 Å². The SMILES string of the molecule is Cc1ccc(C(=O)O)c(N2c3ccccc3CCC2C)c1. The van der Waals surface area contributed by atoms with Crippen molar-refractivity contribution in [3.8, 4) is 0 Å². The average Bonchev–Trinajstić information content (AvgIpc) is 2.46. The summed E-state index contributed by atoms with van der Waals surface area (Å²) in [7, 11) is 0. The predicted molar refractivity (Wildman–Crippen MR) is 84.5 cm³/mol. The van der Waals surface area contributed by atoms with Gasteiger partial charge in [-0.1, -0.05) is 24.3 Å². The zero-order valence-electron chi connectivity index (χ0n) is 12.3. The molecular formula is C18H19NO2. The van der Waals surface area contributed by atoms with Crippen LogP contribution in [-0.2, 0) is 6.42 Å². The summed E-state index contributed by atoms with van der Waals surface area (Å²) < 4.78 is 0. The number of carboxylic acid groups (broad SMARTS) is 1. The van der Waals surface area contributed by atoms with Gasteiger partial charge in [0.05, 0.1) is 11.3 Å².